The number of halogens is 3. The molecule has 3 nitrogen and oxygen atoms in total. The SMILES string of the molecule is CC1c2c(Br)cccc2C(c2cc3ccc(F)c(F)c3nn2)=NC1(C)C. The topological polar surface area (TPSA) is 38.1 Å². The Hall–Kier alpha value is -2.21. The van der Waals surface area contributed by atoms with Crippen molar-refractivity contribution in [2.45, 2.75) is 32.2 Å². The first-order chi connectivity index (χ1) is 12.3. The van der Waals surface area contributed by atoms with Gasteiger partial charge in [-0.2, -0.15) is 0 Å². The predicted octanol–water partition coefficient (Wildman–Crippen LogP) is 5.40. The van der Waals surface area contributed by atoms with Gasteiger partial charge in [0.1, 0.15) is 11.2 Å². The highest BCUT2D eigenvalue weighted by Crippen LogP contribution is 2.42. The van der Waals surface area contributed by atoms with E-state index in [1.165, 1.54) is 6.07 Å². The van der Waals surface area contributed by atoms with E-state index in [4.69, 9.17) is 4.99 Å². The molecule has 0 spiro atoms. The van der Waals surface area contributed by atoms with Crippen LogP contribution >= 0.6 is 15.9 Å². The van der Waals surface area contributed by atoms with Crippen molar-refractivity contribution in [2.75, 3.05) is 0 Å². The summed E-state index contributed by atoms with van der Waals surface area (Å²) < 4.78 is 28.4. The predicted molar refractivity (Wildman–Crippen MR) is 102 cm³/mol. The quantitative estimate of drug-likeness (QED) is 0.533. The molecular formula is C20H16BrF2N3. The molecule has 0 amide bonds. The Morgan fingerprint density at radius 2 is 1.85 bits per heavy atom. The molecule has 2 aromatic carbocycles. The molecule has 0 fully saturated rings. The lowest BCUT2D eigenvalue weighted by molar-refractivity contribution is 0.431. The largest absolute Gasteiger partial charge is 0.276 e. The van der Waals surface area contributed by atoms with Crippen molar-refractivity contribution >= 4 is 32.5 Å². The Kier molecular flexibility index (Phi) is 3.91. The monoisotopic (exact) mass is 415 g/mol. The first-order valence-corrected chi connectivity index (χ1v) is 9.09. The van der Waals surface area contributed by atoms with E-state index in [1.54, 1.807) is 6.07 Å². The Balaban J connectivity index is 1.97. The van der Waals surface area contributed by atoms with Crippen molar-refractivity contribution in [3.05, 3.63) is 69.3 Å². The summed E-state index contributed by atoms with van der Waals surface area (Å²) in [6.45, 7) is 6.29. The van der Waals surface area contributed by atoms with Gasteiger partial charge in [0.15, 0.2) is 11.6 Å². The van der Waals surface area contributed by atoms with Crippen LogP contribution in [-0.2, 0) is 0 Å². The van der Waals surface area contributed by atoms with Crippen LogP contribution in [0.2, 0.25) is 0 Å². The van der Waals surface area contributed by atoms with Gasteiger partial charge in [-0.25, -0.2) is 8.78 Å². The fraction of sp³-hybridized carbons (Fsp3) is 0.250. The molecule has 0 aliphatic carbocycles. The molecule has 0 saturated carbocycles. The maximum Gasteiger partial charge on any atom is 0.186 e. The highest BCUT2D eigenvalue weighted by Gasteiger charge is 2.36. The second-order valence-corrected chi connectivity index (χ2v) is 7.92. The highest BCUT2D eigenvalue weighted by atomic mass is 79.9. The van der Waals surface area contributed by atoms with Crippen LogP contribution in [0.4, 0.5) is 8.78 Å². The molecule has 1 aromatic heterocycles. The number of rotatable bonds is 1. The number of nitrogens with zero attached hydrogens (tertiary/aromatic N) is 3. The molecule has 1 aliphatic rings. The lowest BCUT2D eigenvalue weighted by atomic mass is 9.77. The summed E-state index contributed by atoms with van der Waals surface area (Å²) in [6, 6.07) is 10.3. The Morgan fingerprint density at radius 1 is 1.08 bits per heavy atom. The molecular weight excluding hydrogens is 400 g/mol. The molecule has 3 aromatic rings. The van der Waals surface area contributed by atoms with Gasteiger partial charge >= 0.3 is 0 Å². The summed E-state index contributed by atoms with van der Waals surface area (Å²) >= 11 is 3.65. The van der Waals surface area contributed by atoms with E-state index in [2.05, 4.69) is 46.9 Å². The van der Waals surface area contributed by atoms with Gasteiger partial charge in [-0.1, -0.05) is 35.0 Å². The molecule has 132 valence electrons. The summed E-state index contributed by atoms with van der Waals surface area (Å²) in [7, 11) is 0. The van der Waals surface area contributed by atoms with Crippen LogP contribution in [0, 0.1) is 11.6 Å². The first-order valence-electron chi connectivity index (χ1n) is 8.30. The molecule has 26 heavy (non-hydrogen) atoms. The molecule has 0 saturated heterocycles. The number of aromatic nitrogens is 2. The van der Waals surface area contributed by atoms with Gasteiger partial charge in [0, 0.05) is 21.3 Å². The van der Waals surface area contributed by atoms with Gasteiger partial charge in [0.25, 0.3) is 0 Å². The van der Waals surface area contributed by atoms with Crippen LogP contribution in [0.15, 0.2) is 45.9 Å². The Bertz CT molecular complexity index is 1080. The third-order valence-electron chi connectivity index (χ3n) is 5.09. The average Bonchev–Trinajstić information content (AvgIpc) is 2.61. The number of hydrogen-bond donors (Lipinski definition) is 0. The first kappa shape index (κ1) is 17.2. The van der Waals surface area contributed by atoms with E-state index < -0.39 is 11.6 Å². The van der Waals surface area contributed by atoms with Gasteiger partial charge in [-0.3, -0.25) is 4.99 Å². The molecule has 0 bridgehead atoms. The van der Waals surface area contributed by atoms with E-state index in [9.17, 15) is 8.78 Å². The summed E-state index contributed by atoms with van der Waals surface area (Å²) in [5, 5.41) is 8.56. The van der Waals surface area contributed by atoms with E-state index >= 15 is 0 Å². The van der Waals surface area contributed by atoms with Crippen LogP contribution in [-0.4, -0.2) is 21.4 Å². The van der Waals surface area contributed by atoms with Crippen molar-refractivity contribution < 1.29 is 8.78 Å². The molecule has 0 radical (unpaired) electrons. The maximum absolute atomic E-state index is 13.9. The van der Waals surface area contributed by atoms with Gasteiger partial charge in [-0.05, 0) is 43.7 Å². The van der Waals surface area contributed by atoms with E-state index in [-0.39, 0.29) is 17.0 Å². The molecule has 1 atom stereocenters. The smallest absolute Gasteiger partial charge is 0.186 e. The maximum atomic E-state index is 13.9. The van der Waals surface area contributed by atoms with Gasteiger partial charge in [0.05, 0.1) is 11.3 Å². The van der Waals surface area contributed by atoms with Crippen LogP contribution in [0.25, 0.3) is 10.9 Å². The molecule has 1 aliphatic heterocycles. The van der Waals surface area contributed by atoms with Crippen LogP contribution in [0.5, 0.6) is 0 Å². The van der Waals surface area contributed by atoms with E-state index in [0.717, 1.165) is 21.7 Å². The average molecular weight is 416 g/mol. The van der Waals surface area contributed by atoms with Gasteiger partial charge in [-0.15, -0.1) is 10.2 Å². The second kappa shape index (κ2) is 5.91. The van der Waals surface area contributed by atoms with Crippen molar-refractivity contribution in [3.8, 4) is 0 Å². The fourth-order valence-corrected chi connectivity index (χ4v) is 4.06. The Morgan fingerprint density at radius 3 is 2.62 bits per heavy atom. The minimum absolute atomic E-state index is 0.0766. The normalized spacial score (nSPS) is 18.5. The van der Waals surface area contributed by atoms with Crippen molar-refractivity contribution in [1.29, 1.82) is 0 Å². The van der Waals surface area contributed by atoms with E-state index in [1.807, 2.05) is 18.2 Å². The summed E-state index contributed by atoms with van der Waals surface area (Å²) in [5.41, 5.74) is 2.98. The van der Waals surface area contributed by atoms with Crippen LogP contribution in [0.1, 0.15) is 43.5 Å². The molecule has 6 heteroatoms. The third kappa shape index (κ3) is 2.55. The van der Waals surface area contributed by atoms with Crippen molar-refractivity contribution in [2.24, 2.45) is 4.99 Å². The number of aliphatic imine (C=N–C) groups is 1. The van der Waals surface area contributed by atoms with Crippen molar-refractivity contribution in [3.63, 3.8) is 0 Å². The third-order valence-corrected chi connectivity index (χ3v) is 5.79. The van der Waals surface area contributed by atoms with Crippen LogP contribution < -0.4 is 0 Å². The summed E-state index contributed by atoms with van der Waals surface area (Å²) in [6.07, 6.45) is 0. The molecule has 1 unspecified atom stereocenters. The lowest BCUT2D eigenvalue weighted by Crippen LogP contribution is -2.33. The fourth-order valence-electron chi connectivity index (χ4n) is 3.35. The molecule has 2 heterocycles. The van der Waals surface area contributed by atoms with E-state index in [0.29, 0.717) is 16.8 Å². The minimum atomic E-state index is -0.982. The van der Waals surface area contributed by atoms with Gasteiger partial charge in [0.2, 0.25) is 0 Å². The zero-order chi connectivity index (χ0) is 18.6. The molecule has 4 rings (SSSR count). The van der Waals surface area contributed by atoms with Crippen LogP contribution in [0.3, 0.4) is 0 Å². The van der Waals surface area contributed by atoms with Gasteiger partial charge < -0.3 is 0 Å². The zero-order valence-corrected chi connectivity index (χ0v) is 16.1. The second-order valence-electron chi connectivity index (χ2n) is 7.07. The molecule has 0 N–H and O–H groups in total. The summed E-state index contributed by atoms with van der Waals surface area (Å²) in [5.74, 6) is -1.71. The Labute approximate surface area is 158 Å². The number of fused-ring (bicyclic) bond motifs is 2. The lowest BCUT2D eigenvalue weighted by Gasteiger charge is -2.36. The zero-order valence-electron chi connectivity index (χ0n) is 14.5. The van der Waals surface area contributed by atoms with Crippen molar-refractivity contribution in [1.82, 2.24) is 10.2 Å². The standard InChI is InChI=1S/C20H16BrF2N3/c1-10-16-12(5-4-6-13(16)21)19(24-20(10,2)3)15-9-11-7-8-14(22)17(23)18(11)26-25-15/h4-10H,1-3H3. The summed E-state index contributed by atoms with van der Waals surface area (Å²) in [4.78, 5) is 4.92. The minimum Gasteiger partial charge on any atom is -0.276 e. The number of hydrogen-bond acceptors (Lipinski definition) is 3. The highest BCUT2D eigenvalue weighted by molar-refractivity contribution is 9.10. The number of benzene rings is 2.